The lowest BCUT2D eigenvalue weighted by Crippen LogP contribution is -2.50. The quantitative estimate of drug-likeness (QED) is 0.382. The van der Waals surface area contributed by atoms with Gasteiger partial charge in [-0.3, -0.25) is 14.4 Å². The van der Waals surface area contributed by atoms with E-state index in [-0.39, 0.29) is 22.8 Å². The number of amides is 3. The molecular formula is C26H30FN5O3S. The summed E-state index contributed by atoms with van der Waals surface area (Å²) in [4.78, 5) is 40.6. The number of carbonyl (C=O) groups excluding carboxylic acids is 3. The summed E-state index contributed by atoms with van der Waals surface area (Å²) in [6.07, 6.45) is 1.09. The zero-order valence-electron chi connectivity index (χ0n) is 20.5. The Morgan fingerprint density at radius 1 is 1.11 bits per heavy atom. The number of hydrogen-bond donors (Lipinski definition) is 3. The Hall–Kier alpha value is -3.79. The van der Waals surface area contributed by atoms with E-state index in [1.165, 1.54) is 29.2 Å². The van der Waals surface area contributed by atoms with E-state index in [1.807, 2.05) is 51.1 Å². The van der Waals surface area contributed by atoms with Crippen molar-refractivity contribution in [3.63, 3.8) is 0 Å². The average molecular weight is 512 g/mol. The fraction of sp³-hybridized carbons (Fsp3) is 0.308. The van der Waals surface area contributed by atoms with Crippen LogP contribution in [-0.2, 0) is 11.2 Å². The van der Waals surface area contributed by atoms with Crippen LogP contribution in [0, 0.1) is 5.82 Å². The van der Waals surface area contributed by atoms with Crippen molar-refractivity contribution in [1.82, 2.24) is 14.6 Å². The summed E-state index contributed by atoms with van der Waals surface area (Å²) in [5.74, 6) is -2.32. The second-order valence-corrected chi connectivity index (χ2v) is 9.83. The molecule has 1 unspecified atom stereocenters. The molecule has 8 nitrogen and oxygen atoms in total. The van der Waals surface area contributed by atoms with Gasteiger partial charge in [-0.05, 0) is 61.5 Å². The zero-order valence-corrected chi connectivity index (χ0v) is 21.3. The normalized spacial score (nSPS) is 12.1. The van der Waals surface area contributed by atoms with E-state index < -0.39 is 35.1 Å². The van der Waals surface area contributed by atoms with Crippen LogP contribution in [0.1, 0.15) is 64.5 Å². The highest BCUT2D eigenvalue weighted by molar-refractivity contribution is 7.09. The molecule has 5 N–H and O–H groups in total. The first kappa shape index (κ1) is 26.8. The molecule has 3 aromatic rings. The molecule has 0 spiro atoms. The van der Waals surface area contributed by atoms with Crippen molar-refractivity contribution in [3.8, 4) is 0 Å². The molecule has 0 aliphatic rings. The smallest absolute Gasteiger partial charge is 0.270 e. The van der Waals surface area contributed by atoms with Crippen LogP contribution in [0.15, 0.2) is 54.6 Å². The number of halogens is 1. The third kappa shape index (κ3) is 6.25. The van der Waals surface area contributed by atoms with Crippen molar-refractivity contribution in [2.45, 2.75) is 45.2 Å². The molecule has 190 valence electrons. The summed E-state index contributed by atoms with van der Waals surface area (Å²) >= 11 is 0.748. The molecule has 0 fully saturated rings. The topological polar surface area (TPSA) is 131 Å². The molecule has 1 heterocycles. The van der Waals surface area contributed by atoms with E-state index >= 15 is 0 Å². The number of benzene rings is 2. The summed E-state index contributed by atoms with van der Waals surface area (Å²) in [7, 11) is 0. The minimum absolute atomic E-state index is 0.00604. The first-order valence-corrected chi connectivity index (χ1v) is 12.3. The van der Waals surface area contributed by atoms with Crippen molar-refractivity contribution in [2.75, 3.05) is 12.3 Å². The number of nitrogens with zero attached hydrogens (tertiary/aromatic N) is 2. The molecule has 1 aromatic heterocycles. The first-order valence-electron chi connectivity index (χ1n) is 11.5. The first-order chi connectivity index (χ1) is 17.0. The monoisotopic (exact) mass is 511 g/mol. The van der Waals surface area contributed by atoms with Crippen LogP contribution in [0.2, 0.25) is 0 Å². The molecule has 0 aliphatic heterocycles. The number of carbonyl (C=O) groups is 3. The van der Waals surface area contributed by atoms with Gasteiger partial charge in [-0.1, -0.05) is 49.4 Å². The number of rotatable bonds is 10. The Morgan fingerprint density at radius 3 is 2.31 bits per heavy atom. The highest BCUT2D eigenvalue weighted by atomic mass is 32.1. The lowest BCUT2D eigenvalue weighted by atomic mass is 9.98. The second-order valence-electron chi connectivity index (χ2n) is 9.05. The van der Waals surface area contributed by atoms with Crippen LogP contribution in [0.3, 0.4) is 0 Å². The van der Waals surface area contributed by atoms with Gasteiger partial charge in [-0.15, -0.1) is 0 Å². The molecule has 0 aliphatic carbocycles. The molecule has 0 saturated carbocycles. The highest BCUT2D eigenvalue weighted by Crippen LogP contribution is 2.30. The van der Waals surface area contributed by atoms with Crippen molar-refractivity contribution >= 4 is 34.9 Å². The minimum atomic E-state index is -1.09. The van der Waals surface area contributed by atoms with Crippen LogP contribution in [-0.4, -0.2) is 39.1 Å². The Balaban J connectivity index is 2.09. The third-order valence-electron chi connectivity index (χ3n) is 5.99. The molecule has 3 rings (SSSR count). The van der Waals surface area contributed by atoms with E-state index in [0.29, 0.717) is 18.4 Å². The Morgan fingerprint density at radius 2 is 1.75 bits per heavy atom. The zero-order chi connectivity index (χ0) is 26.5. The highest BCUT2D eigenvalue weighted by Gasteiger charge is 2.36. The largest absolute Gasteiger partial charge is 0.395 e. The van der Waals surface area contributed by atoms with E-state index in [0.717, 1.165) is 17.1 Å². The maximum Gasteiger partial charge on any atom is 0.270 e. The summed E-state index contributed by atoms with van der Waals surface area (Å²) in [5.41, 5.74) is 11.9. The molecule has 3 amide bonds. The second kappa shape index (κ2) is 11.3. The fourth-order valence-electron chi connectivity index (χ4n) is 3.61. The number of nitrogen functional groups attached to an aromatic ring is 1. The number of nitrogens with one attached hydrogen (secondary N) is 1. The number of aromatic nitrogens is 1. The minimum Gasteiger partial charge on any atom is -0.395 e. The molecular weight excluding hydrogens is 481 g/mol. The van der Waals surface area contributed by atoms with Gasteiger partial charge in [0.05, 0.1) is 5.69 Å². The van der Waals surface area contributed by atoms with Gasteiger partial charge in [-0.2, -0.15) is 4.37 Å². The number of nitrogens with two attached hydrogens (primary N) is 2. The van der Waals surface area contributed by atoms with Crippen LogP contribution in [0.5, 0.6) is 0 Å². The van der Waals surface area contributed by atoms with Crippen LogP contribution in [0.25, 0.3) is 0 Å². The van der Waals surface area contributed by atoms with Gasteiger partial charge in [0.15, 0.2) is 5.69 Å². The Labute approximate surface area is 213 Å². The predicted octanol–water partition coefficient (Wildman–Crippen LogP) is 3.69. The number of primary amides is 1. The fourth-order valence-corrected chi connectivity index (χ4v) is 4.37. The summed E-state index contributed by atoms with van der Waals surface area (Å²) in [5, 5.41) is 3.00. The van der Waals surface area contributed by atoms with Crippen LogP contribution >= 0.6 is 11.5 Å². The Bertz CT molecular complexity index is 1230. The van der Waals surface area contributed by atoms with Gasteiger partial charge in [0, 0.05) is 12.1 Å². The van der Waals surface area contributed by atoms with E-state index in [9.17, 15) is 18.8 Å². The van der Waals surface area contributed by atoms with Gasteiger partial charge in [-0.25, -0.2) is 4.39 Å². The molecule has 36 heavy (non-hydrogen) atoms. The van der Waals surface area contributed by atoms with Gasteiger partial charge < -0.3 is 21.7 Å². The average Bonchev–Trinajstić information content (AvgIpc) is 3.24. The van der Waals surface area contributed by atoms with Crippen molar-refractivity contribution < 1.29 is 18.8 Å². The molecule has 0 bridgehead atoms. The molecule has 10 heteroatoms. The van der Waals surface area contributed by atoms with Gasteiger partial charge in [0.2, 0.25) is 5.91 Å². The van der Waals surface area contributed by atoms with Crippen LogP contribution < -0.4 is 16.8 Å². The lowest BCUT2D eigenvalue weighted by Gasteiger charge is -2.34. The SMILES string of the molecule is CCC(C)(C)NC(=O)C(c1ccc(F)cc1)N(CCc1ccccc1)C(=O)c1snc(C(N)=O)c1N. The Kier molecular flexibility index (Phi) is 8.41. The van der Waals surface area contributed by atoms with E-state index in [1.54, 1.807) is 0 Å². The number of hydrogen-bond acceptors (Lipinski definition) is 6. The standard InChI is InChI=1S/C26H30FN5O3S/c1-4-26(2,3)30-24(34)21(17-10-12-18(27)13-11-17)32(15-14-16-8-6-5-7-9-16)25(35)22-19(28)20(23(29)33)31-36-22/h5-13,21H,4,14-15,28H2,1-3H3,(H2,29,33)(H,30,34). The van der Waals surface area contributed by atoms with E-state index in [4.69, 9.17) is 11.5 Å². The predicted molar refractivity (Wildman–Crippen MR) is 138 cm³/mol. The van der Waals surface area contributed by atoms with Gasteiger partial charge in [0.1, 0.15) is 16.7 Å². The maximum atomic E-state index is 13.9. The molecule has 0 saturated heterocycles. The van der Waals surface area contributed by atoms with Crippen molar-refractivity contribution in [2.24, 2.45) is 5.73 Å². The van der Waals surface area contributed by atoms with Gasteiger partial charge >= 0.3 is 0 Å². The summed E-state index contributed by atoms with van der Waals surface area (Å²) in [6.45, 7) is 5.84. The van der Waals surface area contributed by atoms with Crippen molar-refractivity contribution in [1.29, 1.82) is 0 Å². The van der Waals surface area contributed by atoms with E-state index in [2.05, 4.69) is 9.69 Å². The summed E-state index contributed by atoms with van der Waals surface area (Å²) < 4.78 is 17.7. The van der Waals surface area contributed by atoms with Gasteiger partial charge in [0.25, 0.3) is 11.8 Å². The lowest BCUT2D eigenvalue weighted by molar-refractivity contribution is -0.127. The number of anilines is 1. The third-order valence-corrected chi connectivity index (χ3v) is 6.84. The summed E-state index contributed by atoms with van der Waals surface area (Å²) in [6, 6.07) is 13.8. The van der Waals surface area contributed by atoms with Crippen LogP contribution in [0.4, 0.5) is 10.1 Å². The molecule has 0 radical (unpaired) electrons. The maximum absolute atomic E-state index is 13.9. The molecule has 1 atom stereocenters. The van der Waals surface area contributed by atoms with Crippen molar-refractivity contribution in [3.05, 3.63) is 82.1 Å². The molecule has 2 aromatic carbocycles.